The van der Waals surface area contributed by atoms with E-state index in [2.05, 4.69) is 10.4 Å². The summed E-state index contributed by atoms with van der Waals surface area (Å²) in [6.07, 6.45) is 2.74. The molecule has 130 valence electrons. The highest BCUT2D eigenvalue weighted by Gasteiger charge is 2.65. The molecule has 1 aromatic carbocycles. The number of nitrogens with one attached hydrogen (secondary N) is 1. The monoisotopic (exact) mass is 339 g/mol. The third kappa shape index (κ3) is 2.81. The molecule has 2 aliphatic carbocycles. The summed E-state index contributed by atoms with van der Waals surface area (Å²) in [4.78, 5) is 23.8. The van der Waals surface area contributed by atoms with Crippen molar-refractivity contribution in [1.82, 2.24) is 15.1 Å². The molecule has 2 saturated carbocycles. The Balaban J connectivity index is 1.42. The zero-order chi connectivity index (χ0) is 17.6. The van der Waals surface area contributed by atoms with E-state index in [0.29, 0.717) is 18.5 Å². The Hall–Kier alpha value is -2.63. The number of aryl methyl sites for hydroxylation is 1. The predicted molar refractivity (Wildman–Crippen MR) is 91.1 cm³/mol. The molecule has 2 aromatic rings. The van der Waals surface area contributed by atoms with Gasteiger partial charge in [-0.05, 0) is 36.8 Å². The Labute approximate surface area is 145 Å². The summed E-state index contributed by atoms with van der Waals surface area (Å²) in [5, 5.41) is 16.6. The van der Waals surface area contributed by atoms with Gasteiger partial charge in [0.15, 0.2) is 0 Å². The third-order valence-corrected chi connectivity index (χ3v) is 5.61. The van der Waals surface area contributed by atoms with Crippen molar-refractivity contribution < 1.29 is 14.7 Å². The zero-order valence-electron chi connectivity index (χ0n) is 14.1. The topological polar surface area (TPSA) is 84.2 Å². The van der Waals surface area contributed by atoms with E-state index in [9.17, 15) is 14.7 Å². The van der Waals surface area contributed by atoms with Crippen molar-refractivity contribution in [3.05, 3.63) is 53.3 Å². The number of carbonyl (C=O) groups is 2. The van der Waals surface area contributed by atoms with Crippen molar-refractivity contribution in [2.45, 2.75) is 31.7 Å². The highest BCUT2D eigenvalue weighted by Crippen LogP contribution is 2.63. The Kier molecular flexibility index (Phi) is 3.63. The van der Waals surface area contributed by atoms with Gasteiger partial charge in [-0.1, -0.05) is 30.3 Å². The molecule has 1 amide bonds. The number of aliphatic carboxylic acids is 1. The quantitative estimate of drug-likeness (QED) is 0.872. The van der Waals surface area contributed by atoms with Crippen molar-refractivity contribution in [3.8, 4) is 0 Å². The summed E-state index contributed by atoms with van der Waals surface area (Å²) < 4.78 is 1.73. The van der Waals surface area contributed by atoms with Crippen molar-refractivity contribution >= 4 is 11.9 Å². The van der Waals surface area contributed by atoms with Gasteiger partial charge in [0, 0.05) is 25.2 Å². The number of rotatable bonds is 5. The fraction of sp³-hybridized carbons (Fsp3) is 0.421. The second-order valence-corrected chi connectivity index (χ2v) is 7.28. The number of carboxylic acid groups (broad SMARTS) is 1. The maximum Gasteiger partial charge on any atom is 0.310 e. The van der Waals surface area contributed by atoms with E-state index < -0.39 is 11.4 Å². The molecule has 2 aliphatic rings. The van der Waals surface area contributed by atoms with Crippen LogP contribution in [0.5, 0.6) is 0 Å². The van der Waals surface area contributed by atoms with Gasteiger partial charge in [0.2, 0.25) is 0 Å². The lowest BCUT2D eigenvalue weighted by molar-refractivity contribution is -0.143. The molecule has 0 bridgehead atoms. The smallest absolute Gasteiger partial charge is 0.310 e. The van der Waals surface area contributed by atoms with Crippen LogP contribution in [0.4, 0.5) is 0 Å². The van der Waals surface area contributed by atoms with Crippen molar-refractivity contribution in [2.75, 3.05) is 0 Å². The third-order valence-electron chi connectivity index (χ3n) is 5.61. The standard InChI is InChI=1S/C19H21N3O3/c1-22-15(7-12-5-3-2-4-6-12)9-16(21-22)17(23)20-14-8-13-10-19(13,11-14)18(24)25/h2-6,9,13-14H,7-8,10-11H2,1H3,(H,20,23)(H,24,25)/t13-,14+,19+/m0/s1. The number of carbonyl (C=O) groups excluding carboxylic acids is 1. The first-order chi connectivity index (χ1) is 12.0. The lowest BCUT2D eigenvalue weighted by atomic mass is 10.0. The van der Waals surface area contributed by atoms with E-state index in [-0.39, 0.29) is 17.9 Å². The van der Waals surface area contributed by atoms with Crippen LogP contribution in [-0.4, -0.2) is 32.8 Å². The van der Waals surface area contributed by atoms with Crippen LogP contribution in [0.15, 0.2) is 36.4 Å². The van der Waals surface area contributed by atoms with Gasteiger partial charge in [0.25, 0.3) is 5.91 Å². The number of benzene rings is 1. The Bertz CT molecular complexity index is 830. The molecule has 4 rings (SSSR count). The summed E-state index contributed by atoms with van der Waals surface area (Å²) in [5.41, 5.74) is 1.93. The van der Waals surface area contributed by atoms with Crippen LogP contribution in [0.25, 0.3) is 0 Å². The van der Waals surface area contributed by atoms with Crippen molar-refractivity contribution in [1.29, 1.82) is 0 Å². The first-order valence-corrected chi connectivity index (χ1v) is 8.59. The SMILES string of the molecule is Cn1nc(C(=O)N[C@@H]2C[C@H]3C[C@@]3(C(=O)O)C2)cc1Cc1ccccc1. The molecule has 3 atom stereocenters. The minimum Gasteiger partial charge on any atom is -0.481 e. The van der Waals surface area contributed by atoms with E-state index >= 15 is 0 Å². The minimum atomic E-state index is -0.725. The van der Waals surface area contributed by atoms with Crippen LogP contribution in [0.2, 0.25) is 0 Å². The van der Waals surface area contributed by atoms with E-state index in [4.69, 9.17) is 0 Å². The lowest BCUT2D eigenvalue weighted by Crippen LogP contribution is -2.35. The lowest BCUT2D eigenvalue weighted by Gasteiger charge is -2.14. The Morgan fingerprint density at radius 3 is 2.76 bits per heavy atom. The number of aromatic nitrogens is 2. The molecule has 0 aliphatic heterocycles. The van der Waals surface area contributed by atoms with Gasteiger partial charge in [-0.3, -0.25) is 14.3 Å². The fourth-order valence-electron chi connectivity index (χ4n) is 4.11. The molecular formula is C19H21N3O3. The number of amides is 1. The van der Waals surface area contributed by atoms with Crippen molar-refractivity contribution in [2.24, 2.45) is 18.4 Å². The Morgan fingerprint density at radius 2 is 2.08 bits per heavy atom. The molecule has 0 unspecified atom stereocenters. The van der Waals surface area contributed by atoms with Crippen molar-refractivity contribution in [3.63, 3.8) is 0 Å². The number of hydrogen-bond acceptors (Lipinski definition) is 3. The van der Waals surface area contributed by atoms with Gasteiger partial charge in [0.1, 0.15) is 5.69 Å². The van der Waals surface area contributed by atoms with Gasteiger partial charge in [0.05, 0.1) is 5.41 Å². The van der Waals surface area contributed by atoms with Crippen LogP contribution in [0.3, 0.4) is 0 Å². The highest BCUT2D eigenvalue weighted by molar-refractivity contribution is 5.92. The fourth-order valence-corrected chi connectivity index (χ4v) is 4.11. The van der Waals surface area contributed by atoms with Gasteiger partial charge in [-0.15, -0.1) is 0 Å². The van der Waals surface area contributed by atoms with Crippen LogP contribution < -0.4 is 5.32 Å². The molecule has 2 fully saturated rings. The predicted octanol–water partition coefficient (Wildman–Crippen LogP) is 1.99. The van der Waals surface area contributed by atoms with Gasteiger partial charge >= 0.3 is 5.97 Å². The van der Waals surface area contributed by atoms with Crippen LogP contribution in [0, 0.1) is 11.3 Å². The first kappa shape index (κ1) is 15.9. The van der Waals surface area contributed by atoms with Gasteiger partial charge in [-0.2, -0.15) is 5.10 Å². The summed E-state index contributed by atoms with van der Waals surface area (Å²) in [6, 6.07) is 11.8. The summed E-state index contributed by atoms with van der Waals surface area (Å²) in [7, 11) is 1.83. The van der Waals surface area contributed by atoms with E-state index in [1.807, 2.05) is 43.4 Å². The average Bonchev–Trinajstić information content (AvgIpc) is 2.97. The normalized spacial score (nSPS) is 26.9. The van der Waals surface area contributed by atoms with Gasteiger partial charge in [-0.25, -0.2) is 0 Å². The number of nitrogens with zero attached hydrogens (tertiary/aromatic N) is 2. The van der Waals surface area contributed by atoms with E-state index in [1.54, 1.807) is 4.68 Å². The Morgan fingerprint density at radius 1 is 1.32 bits per heavy atom. The second-order valence-electron chi connectivity index (χ2n) is 7.28. The largest absolute Gasteiger partial charge is 0.481 e. The highest BCUT2D eigenvalue weighted by atomic mass is 16.4. The zero-order valence-corrected chi connectivity index (χ0v) is 14.1. The molecule has 6 nitrogen and oxygen atoms in total. The molecule has 1 heterocycles. The number of carboxylic acids is 1. The van der Waals surface area contributed by atoms with Crippen LogP contribution in [-0.2, 0) is 18.3 Å². The molecule has 2 N–H and O–H groups in total. The molecule has 0 spiro atoms. The second kappa shape index (κ2) is 5.72. The molecule has 0 saturated heterocycles. The van der Waals surface area contributed by atoms with Crippen LogP contribution >= 0.6 is 0 Å². The average molecular weight is 339 g/mol. The molecule has 0 radical (unpaired) electrons. The van der Waals surface area contributed by atoms with E-state index in [1.165, 1.54) is 0 Å². The van der Waals surface area contributed by atoms with Crippen LogP contribution in [0.1, 0.15) is 41.0 Å². The summed E-state index contributed by atoms with van der Waals surface area (Å²) in [6.45, 7) is 0. The molecule has 1 aromatic heterocycles. The summed E-state index contributed by atoms with van der Waals surface area (Å²) >= 11 is 0. The molecule has 6 heteroatoms. The maximum atomic E-state index is 12.5. The first-order valence-electron chi connectivity index (χ1n) is 8.59. The number of hydrogen-bond donors (Lipinski definition) is 2. The molecular weight excluding hydrogens is 318 g/mol. The van der Waals surface area contributed by atoms with E-state index in [0.717, 1.165) is 24.1 Å². The summed E-state index contributed by atoms with van der Waals surface area (Å²) in [5.74, 6) is -0.730. The minimum absolute atomic E-state index is 0.0677. The van der Waals surface area contributed by atoms with Gasteiger partial charge < -0.3 is 10.4 Å². The maximum absolute atomic E-state index is 12.5. The molecule has 25 heavy (non-hydrogen) atoms. The number of fused-ring (bicyclic) bond motifs is 1.